The fraction of sp³-hybridized carbons (Fsp3) is 0.857. The number of carbonyl (C=O) groups excluding carboxylic acids is 2. The van der Waals surface area contributed by atoms with E-state index in [1.807, 2.05) is 0 Å². The van der Waals surface area contributed by atoms with Crippen molar-refractivity contribution >= 4 is 23.6 Å². The highest BCUT2D eigenvalue weighted by Gasteiger charge is 2.44. The minimum atomic E-state index is -4.41. The van der Waals surface area contributed by atoms with Gasteiger partial charge in [0.05, 0.1) is 5.88 Å². The summed E-state index contributed by atoms with van der Waals surface area (Å²) in [5.74, 6) is 0.161. The molecule has 0 spiro atoms. The number of piperazine rings is 1. The average Bonchev–Trinajstić information content (AvgIpc) is 3.03. The smallest absolute Gasteiger partial charge is 0.352 e. The normalized spacial score (nSPS) is 24.0. The zero-order chi connectivity index (χ0) is 17.7. The van der Waals surface area contributed by atoms with E-state index in [9.17, 15) is 22.8 Å². The number of thioether (sulfide) groups is 1. The highest BCUT2D eigenvalue weighted by Crippen LogP contribution is 2.25. The van der Waals surface area contributed by atoms with Crippen LogP contribution < -0.4 is 10.6 Å². The van der Waals surface area contributed by atoms with Crippen LogP contribution in [-0.2, 0) is 9.59 Å². The van der Waals surface area contributed by atoms with E-state index in [0.29, 0.717) is 37.8 Å². The standard InChI is InChI=1S/C14H23F3N4O2S/c1-2-12(22)21-9-24-8-10(21)13(23)19-7-11(14(15,16)17)20-5-3-18-4-6-20/h10-11,18H,2-9H2,1H3,(H,19,23). The number of alkyl halides is 3. The second-order valence-electron chi connectivity index (χ2n) is 5.82. The molecule has 2 aliphatic rings. The van der Waals surface area contributed by atoms with Gasteiger partial charge in [-0.2, -0.15) is 13.2 Å². The van der Waals surface area contributed by atoms with Gasteiger partial charge in [0.2, 0.25) is 11.8 Å². The van der Waals surface area contributed by atoms with Crippen LogP contribution in [0.2, 0.25) is 0 Å². The predicted octanol–water partition coefficient (Wildman–Crippen LogP) is 0.250. The monoisotopic (exact) mass is 368 g/mol. The van der Waals surface area contributed by atoms with Gasteiger partial charge in [-0.25, -0.2) is 0 Å². The molecule has 2 fully saturated rings. The minimum absolute atomic E-state index is 0.158. The molecule has 0 radical (unpaired) electrons. The van der Waals surface area contributed by atoms with Gasteiger partial charge in [0.1, 0.15) is 12.1 Å². The van der Waals surface area contributed by atoms with Gasteiger partial charge >= 0.3 is 6.18 Å². The van der Waals surface area contributed by atoms with Crippen LogP contribution in [0.25, 0.3) is 0 Å². The number of nitrogens with zero attached hydrogens (tertiary/aromatic N) is 2. The van der Waals surface area contributed by atoms with E-state index in [4.69, 9.17) is 0 Å². The van der Waals surface area contributed by atoms with Gasteiger partial charge in [-0.1, -0.05) is 6.92 Å². The van der Waals surface area contributed by atoms with Crippen LogP contribution in [0, 0.1) is 0 Å². The maximum Gasteiger partial charge on any atom is 0.405 e. The molecular weight excluding hydrogens is 345 g/mol. The maximum atomic E-state index is 13.3. The Morgan fingerprint density at radius 2 is 2.00 bits per heavy atom. The largest absolute Gasteiger partial charge is 0.405 e. The van der Waals surface area contributed by atoms with Crippen molar-refractivity contribution in [3.63, 3.8) is 0 Å². The summed E-state index contributed by atoms with van der Waals surface area (Å²) < 4.78 is 39.9. The minimum Gasteiger partial charge on any atom is -0.352 e. The summed E-state index contributed by atoms with van der Waals surface area (Å²) in [5.41, 5.74) is 0. The van der Waals surface area contributed by atoms with Crippen molar-refractivity contribution in [2.75, 3.05) is 44.4 Å². The Hall–Kier alpha value is -1.00. The summed E-state index contributed by atoms with van der Waals surface area (Å²) in [6, 6.07) is -2.38. The van der Waals surface area contributed by atoms with Crippen molar-refractivity contribution in [2.45, 2.75) is 31.6 Å². The molecule has 2 unspecified atom stereocenters. The van der Waals surface area contributed by atoms with E-state index in [-0.39, 0.29) is 12.3 Å². The molecule has 0 aromatic rings. The van der Waals surface area contributed by atoms with Crippen molar-refractivity contribution in [3.8, 4) is 0 Å². The summed E-state index contributed by atoms with van der Waals surface area (Å²) >= 11 is 1.43. The molecular formula is C14H23F3N4O2S. The molecule has 0 saturated carbocycles. The van der Waals surface area contributed by atoms with E-state index in [0.717, 1.165) is 0 Å². The Kier molecular flexibility index (Phi) is 6.76. The van der Waals surface area contributed by atoms with Gasteiger partial charge in [0.25, 0.3) is 0 Å². The lowest BCUT2D eigenvalue weighted by Crippen LogP contribution is -2.58. The van der Waals surface area contributed by atoms with Gasteiger partial charge in [0.15, 0.2) is 0 Å². The first kappa shape index (κ1) is 19.3. The lowest BCUT2D eigenvalue weighted by atomic mass is 10.2. The van der Waals surface area contributed by atoms with E-state index in [1.165, 1.54) is 21.6 Å². The van der Waals surface area contributed by atoms with Gasteiger partial charge in [-0.3, -0.25) is 14.5 Å². The molecule has 2 atom stereocenters. The Labute approximate surface area is 143 Å². The molecule has 2 heterocycles. The molecule has 2 rings (SSSR count). The highest BCUT2D eigenvalue weighted by molar-refractivity contribution is 7.99. The molecule has 2 N–H and O–H groups in total. The quantitative estimate of drug-likeness (QED) is 0.728. The summed E-state index contributed by atoms with van der Waals surface area (Å²) in [6.45, 7) is 2.79. The molecule has 0 aliphatic carbocycles. The Morgan fingerprint density at radius 1 is 1.33 bits per heavy atom. The Morgan fingerprint density at radius 3 is 2.58 bits per heavy atom. The van der Waals surface area contributed by atoms with Crippen LogP contribution in [0.3, 0.4) is 0 Å². The molecule has 0 aromatic carbocycles. The lowest BCUT2D eigenvalue weighted by molar-refractivity contribution is -0.184. The molecule has 24 heavy (non-hydrogen) atoms. The SMILES string of the molecule is CCC(=O)N1CSCC1C(=O)NCC(N1CCNCC1)C(F)(F)F. The highest BCUT2D eigenvalue weighted by atomic mass is 32.2. The van der Waals surface area contributed by atoms with Crippen molar-refractivity contribution in [1.29, 1.82) is 0 Å². The van der Waals surface area contributed by atoms with E-state index in [1.54, 1.807) is 6.92 Å². The third-order valence-corrected chi connectivity index (χ3v) is 5.26. The molecule has 6 nitrogen and oxygen atoms in total. The third kappa shape index (κ3) is 4.76. The number of amides is 2. The summed E-state index contributed by atoms with van der Waals surface area (Å²) in [4.78, 5) is 26.9. The van der Waals surface area contributed by atoms with Crippen LogP contribution >= 0.6 is 11.8 Å². The number of hydrogen-bond acceptors (Lipinski definition) is 5. The van der Waals surface area contributed by atoms with Crippen LogP contribution in [-0.4, -0.2) is 84.2 Å². The first-order valence-corrected chi connectivity index (χ1v) is 9.16. The number of hydrogen-bond donors (Lipinski definition) is 2. The van der Waals surface area contributed by atoms with Gasteiger partial charge in [-0.15, -0.1) is 11.8 Å². The average molecular weight is 368 g/mol. The second-order valence-corrected chi connectivity index (χ2v) is 6.82. The summed E-state index contributed by atoms with van der Waals surface area (Å²) in [7, 11) is 0. The van der Waals surface area contributed by atoms with Crippen molar-refractivity contribution in [1.82, 2.24) is 20.4 Å². The Balaban J connectivity index is 1.95. The van der Waals surface area contributed by atoms with Crippen molar-refractivity contribution in [3.05, 3.63) is 0 Å². The van der Waals surface area contributed by atoms with Gasteiger partial charge in [0, 0.05) is 44.9 Å². The van der Waals surface area contributed by atoms with E-state index >= 15 is 0 Å². The number of carbonyl (C=O) groups is 2. The first-order chi connectivity index (χ1) is 11.3. The third-order valence-electron chi connectivity index (χ3n) is 4.25. The molecule has 2 aliphatic heterocycles. The van der Waals surface area contributed by atoms with Crippen molar-refractivity contribution < 1.29 is 22.8 Å². The first-order valence-electron chi connectivity index (χ1n) is 8.01. The summed E-state index contributed by atoms with van der Waals surface area (Å²) in [6.07, 6.45) is -4.13. The zero-order valence-corrected chi connectivity index (χ0v) is 14.4. The number of halogens is 3. The maximum absolute atomic E-state index is 13.3. The second kappa shape index (κ2) is 8.39. The molecule has 138 valence electrons. The van der Waals surface area contributed by atoms with Crippen LogP contribution in [0.1, 0.15) is 13.3 Å². The Bertz CT molecular complexity index is 458. The van der Waals surface area contributed by atoms with E-state index in [2.05, 4.69) is 10.6 Å². The molecule has 10 heteroatoms. The molecule has 0 aromatic heterocycles. The molecule has 2 amide bonds. The van der Waals surface area contributed by atoms with Crippen LogP contribution in [0.15, 0.2) is 0 Å². The van der Waals surface area contributed by atoms with E-state index < -0.39 is 30.7 Å². The number of rotatable bonds is 5. The van der Waals surface area contributed by atoms with Crippen LogP contribution in [0.5, 0.6) is 0 Å². The fourth-order valence-electron chi connectivity index (χ4n) is 2.87. The number of nitrogens with one attached hydrogen (secondary N) is 2. The predicted molar refractivity (Wildman–Crippen MR) is 85.5 cm³/mol. The fourth-order valence-corrected chi connectivity index (χ4v) is 4.05. The van der Waals surface area contributed by atoms with Gasteiger partial charge in [-0.05, 0) is 0 Å². The van der Waals surface area contributed by atoms with Crippen molar-refractivity contribution in [2.24, 2.45) is 0 Å². The zero-order valence-electron chi connectivity index (χ0n) is 13.6. The van der Waals surface area contributed by atoms with Gasteiger partial charge < -0.3 is 15.5 Å². The topological polar surface area (TPSA) is 64.7 Å². The molecule has 2 saturated heterocycles. The molecule has 0 bridgehead atoms. The summed E-state index contributed by atoms with van der Waals surface area (Å²) in [5, 5.41) is 5.42. The van der Waals surface area contributed by atoms with Crippen LogP contribution in [0.4, 0.5) is 13.2 Å². The lowest BCUT2D eigenvalue weighted by Gasteiger charge is -2.36.